The normalized spacial score (nSPS) is 10.7. The van der Waals surface area contributed by atoms with Gasteiger partial charge in [-0.1, -0.05) is 6.07 Å². The number of ether oxygens (including phenoxy) is 1. The third-order valence-corrected chi connectivity index (χ3v) is 3.27. The number of pyridine rings is 1. The molecule has 2 rings (SSSR count). The molecule has 6 heteroatoms. The fourth-order valence-corrected chi connectivity index (χ4v) is 2.24. The van der Waals surface area contributed by atoms with Crippen LogP contribution in [0.1, 0.15) is 17.5 Å². The van der Waals surface area contributed by atoms with Gasteiger partial charge in [0.05, 0.1) is 18.2 Å². The summed E-state index contributed by atoms with van der Waals surface area (Å²) in [5, 5.41) is 11.2. The maximum Gasteiger partial charge on any atom is 0.255 e. The van der Waals surface area contributed by atoms with Crippen molar-refractivity contribution in [1.82, 2.24) is 4.98 Å². The molecule has 0 aliphatic heterocycles. The zero-order valence-corrected chi connectivity index (χ0v) is 11.4. The highest BCUT2D eigenvalue weighted by Gasteiger charge is 2.10. The molecule has 1 N–H and O–H groups in total. The van der Waals surface area contributed by atoms with Gasteiger partial charge in [0.15, 0.2) is 0 Å². The van der Waals surface area contributed by atoms with Crippen molar-refractivity contribution in [2.45, 2.75) is 19.8 Å². The number of fused-ring (bicyclic) bond motifs is 1. The monoisotopic (exact) mass is 276 g/mol. The minimum absolute atomic E-state index is 0.0418. The molecule has 0 fully saturated rings. The number of nitrogens with one attached hydrogen (secondary N) is 1. The summed E-state index contributed by atoms with van der Waals surface area (Å²) in [6.07, 6.45) is 1.11. The number of aryl methyl sites for hydroxylation is 1. The highest BCUT2D eigenvalue weighted by molar-refractivity contribution is 5.86. The molecular formula is C14H16N2O4. The second-order valence-electron chi connectivity index (χ2n) is 4.65. The zero-order valence-electron chi connectivity index (χ0n) is 11.4. The Kier molecular flexibility index (Phi) is 4.02. The smallest absolute Gasteiger partial charge is 0.255 e. The molecule has 0 spiro atoms. The van der Waals surface area contributed by atoms with Crippen LogP contribution in [0.15, 0.2) is 23.0 Å². The fraction of sp³-hybridized carbons (Fsp3) is 0.357. The van der Waals surface area contributed by atoms with Crippen molar-refractivity contribution in [2.24, 2.45) is 0 Å². The van der Waals surface area contributed by atoms with Gasteiger partial charge in [0.1, 0.15) is 5.75 Å². The number of nitro groups is 1. The largest absolute Gasteiger partial charge is 0.496 e. The SMILES string of the molecule is COc1c(C)c(=O)[nH]c2ccc(CCC[N+](=O)[O-])cc12. The number of H-pyrrole nitrogens is 1. The molecule has 2 aromatic rings. The lowest BCUT2D eigenvalue weighted by Gasteiger charge is -2.09. The first-order valence-corrected chi connectivity index (χ1v) is 6.34. The molecule has 0 saturated carbocycles. The van der Waals surface area contributed by atoms with Gasteiger partial charge in [-0.15, -0.1) is 0 Å². The first-order valence-electron chi connectivity index (χ1n) is 6.34. The van der Waals surface area contributed by atoms with Gasteiger partial charge in [0, 0.05) is 16.7 Å². The maximum absolute atomic E-state index is 11.7. The molecule has 20 heavy (non-hydrogen) atoms. The molecule has 1 aromatic heterocycles. The Morgan fingerprint density at radius 2 is 2.15 bits per heavy atom. The van der Waals surface area contributed by atoms with E-state index >= 15 is 0 Å². The summed E-state index contributed by atoms with van der Waals surface area (Å²) in [7, 11) is 1.53. The van der Waals surface area contributed by atoms with Crippen molar-refractivity contribution in [3.05, 3.63) is 49.8 Å². The molecule has 0 aliphatic carbocycles. The molecule has 0 saturated heterocycles. The van der Waals surface area contributed by atoms with E-state index in [1.165, 1.54) is 7.11 Å². The Morgan fingerprint density at radius 3 is 2.80 bits per heavy atom. The van der Waals surface area contributed by atoms with E-state index in [-0.39, 0.29) is 17.0 Å². The number of hydrogen-bond donors (Lipinski definition) is 1. The first kappa shape index (κ1) is 14.0. The third-order valence-electron chi connectivity index (χ3n) is 3.27. The van der Waals surface area contributed by atoms with E-state index in [9.17, 15) is 14.9 Å². The van der Waals surface area contributed by atoms with Crippen LogP contribution in [0.3, 0.4) is 0 Å². The molecule has 0 bridgehead atoms. The second-order valence-corrected chi connectivity index (χ2v) is 4.65. The van der Waals surface area contributed by atoms with E-state index in [4.69, 9.17) is 4.74 Å². The molecule has 106 valence electrons. The van der Waals surface area contributed by atoms with Gasteiger partial charge in [-0.25, -0.2) is 0 Å². The number of aromatic amines is 1. The minimum atomic E-state index is -0.316. The molecule has 0 aliphatic rings. The lowest BCUT2D eigenvalue weighted by Crippen LogP contribution is -2.11. The zero-order chi connectivity index (χ0) is 14.7. The van der Waals surface area contributed by atoms with E-state index in [2.05, 4.69) is 4.98 Å². The summed E-state index contributed by atoms with van der Waals surface area (Å²) in [5.74, 6) is 0.555. The summed E-state index contributed by atoms with van der Waals surface area (Å²) < 4.78 is 5.31. The Labute approximate surface area is 115 Å². The first-order chi connectivity index (χ1) is 9.52. The summed E-state index contributed by atoms with van der Waals surface area (Å²) in [6.45, 7) is 1.66. The van der Waals surface area contributed by atoms with Crippen LogP contribution in [0, 0.1) is 17.0 Å². The highest BCUT2D eigenvalue weighted by atomic mass is 16.6. The van der Waals surface area contributed by atoms with Crippen molar-refractivity contribution in [3.8, 4) is 5.75 Å². The van der Waals surface area contributed by atoms with Crippen molar-refractivity contribution in [2.75, 3.05) is 13.7 Å². The lowest BCUT2D eigenvalue weighted by molar-refractivity contribution is -0.480. The summed E-state index contributed by atoms with van der Waals surface area (Å²) in [6, 6.07) is 5.59. The van der Waals surface area contributed by atoms with Gasteiger partial charge in [-0.2, -0.15) is 0 Å². The highest BCUT2D eigenvalue weighted by Crippen LogP contribution is 2.26. The Morgan fingerprint density at radius 1 is 1.40 bits per heavy atom. The Balaban J connectivity index is 2.39. The fourth-order valence-electron chi connectivity index (χ4n) is 2.24. The average molecular weight is 276 g/mol. The quantitative estimate of drug-likeness (QED) is 0.669. The molecule has 0 radical (unpaired) electrons. The van der Waals surface area contributed by atoms with E-state index in [1.54, 1.807) is 13.0 Å². The third kappa shape index (κ3) is 2.79. The van der Waals surface area contributed by atoms with Crippen LogP contribution in [0.2, 0.25) is 0 Å². The second kappa shape index (κ2) is 5.73. The molecule has 1 aromatic carbocycles. The van der Waals surface area contributed by atoms with Crippen LogP contribution in [-0.4, -0.2) is 23.6 Å². The van der Waals surface area contributed by atoms with Crippen LogP contribution in [-0.2, 0) is 6.42 Å². The standard InChI is InChI=1S/C14H16N2O4/c1-9-13(20-2)11-8-10(4-3-7-16(18)19)5-6-12(11)15-14(9)17/h5-6,8H,3-4,7H2,1-2H3,(H,15,17). The predicted molar refractivity (Wildman–Crippen MR) is 76.0 cm³/mol. The van der Waals surface area contributed by atoms with Gasteiger partial charge in [-0.3, -0.25) is 14.9 Å². The molecule has 0 amide bonds. The van der Waals surface area contributed by atoms with Gasteiger partial charge in [0.2, 0.25) is 6.54 Å². The minimum Gasteiger partial charge on any atom is -0.496 e. The summed E-state index contributed by atoms with van der Waals surface area (Å²) >= 11 is 0. The molecule has 0 atom stereocenters. The Hall–Kier alpha value is -2.37. The van der Waals surface area contributed by atoms with Gasteiger partial charge >= 0.3 is 0 Å². The number of hydrogen-bond acceptors (Lipinski definition) is 4. The molecular weight excluding hydrogens is 260 g/mol. The Bertz CT molecular complexity index is 706. The van der Waals surface area contributed by atoms with E-state index < -0.39 is 0 Å². The number of rotatable bonds is 5. The molecule has 6 nitrogen and oxygen atoms in total. The summed E-state index contributed by atoms with van der Waals surface area (Å²) in [5.41, 5.74) is 2.05. The molecule has 0 unspecified atom stereocenters. The number of benzene rings is 1. The molecule has 1 heterocycles. The van der Waals surface area contributed by atoms with E-state index in [1.807, 2.05) is 12.1 Å². The van der Waals surface area contributed by atoms with Crippen molar-refractivity contribution < 1.29 is 9.66 Å². The van der Waals surface area contributed by atoms with Crippen molar-refractivity contribution in [3.63, 3.8) is 0 Å². The average Bonchev–Trinajstić information content (AvgIpc) is 2.40. The van der Waals surface area contributed by atoms with Gasteiger partial charge < -0.3 is 9.72 Å². The van der Waals surface area contributed by atoms with Crippen LogP contribution in [0.25, 0.3) is 10.9 Å². The van der Waals surface area contributed by atoms with Crippen LogP contribution >= 0.6 is 0 Å². The van der Waals surface area contributed by atoms with Crippen molar-refractivity contribution >= 4 is 10.9 Å². The topological polar surface area (TPSA) is 85.2 Å². The number of aromatic nitrogens is 1. The lowest BCUT2D eigenvalue weighted by atomic mass is 10.0. The van der Waals surface area contributed by atoms with Crippen LogP contribution < -0.4 is 10.3 Å². The number of nitrogens with zero attached hydrogens (tertiary/aromatic N) is 1. The van der Waals surface area contributed by atoms with E-state index in [0.717, 1.165) is 10.9 Å². The number of methoxy groups -OCH3 is 1. The predicted octanol–water partition coefficient (Wildman–Crippen LogP) is 2.05. The van der Waals surface area contributed by atoms with Gasteiger partial charge in [0.25, 0.3) is 5.56 Å². The van der Waals surface area contributed by atoms with Crippen molar-refractivity contribution in [1.29, 1.82) is 0 Å². The maximum atomic E-state index is 11.7. The van der Waals surface area contributed by atoms with E-state index in [0.29, 0.717) is 29.7 Å². The van der Waals surface area contributed by atoms with Crippen LogP contribution in [0.4, 0.5) is 0 Å². The van der Waals surface area contributed by atoms with Crippen LogP contribution in [0.5, 0.6) is 5.75 Å². The summed E-state index contributed by atoms with van der Waals surface area (Å²) in [4.78, 5) is 24.5. The van der Waals surface area contributed by atoms with Gasteiger partial charge in [-0.05, 0) is 31.0 Å².